The summed E-state index contributed by atoms with van der Waals surface area (Å²) in [6.45, 7) is 1.73. The Kier molecular flexibility index (Phi) is 2.70. The van der Waals surface area contributed by atoms with Gasteiger partial charge in [0.1, 0.15) is 0 Å². The standard InChI is InChI=1S/C7H8ClNO3/c1-4-5(2-3-6(10)11)7(8)12-9-4/h2-3H2,1H3,(H,10,11). The highest BCUT2D eigenvalue weighted by Gasteiger charge is 2.11. The molecule has 12 heavy (non-hydrogen) atoms. The highest BCUT2D eigenvalue weighted by atomic mass is 35.5. The lowest BCUT2D eigenvalue weighted by Gasteiger charge is -1.93. The van der Waals surface area contributed by atoms with Gasteiger partial charge in [0, 0.05) is 12.0 Å². The lowest BCUT2D eigenvalue weighted by Crippen LogP contribution is -1.98. The van der Waals surface area contributed by atoms with Gasteiger partial charge >= 0.3 is 5.97 Å². The number of aryl methyl sites for hydroxylation is 1. The van der Waals surface area contributed by atoms with E-state index in [4.69, 9.17) is 16.7 Å². The fourth-order valence-electron chi connectivity index (χ4n) is 0.872. The molecule has 66 valence electrons. The van der Waals surface area contributed by atoms with Crippen LogP contribution in [-0.4, -0.2) is 16.2 Å². The molecule has 0 fully saturated rings. The van der Waals surface area contributed by atoms with Gasteiger partial charge in [-0.05, 0) is 24.9 Å². The zero-order chi connectivity index (χ0) is 9.14. The Labute approximate surface area is 74.1 Å². The predicted molar refractivity (Wildman–Crippen MR) is 42.2 cm³/mol. The zero-order valence-electron chi connectivity index (χ0n) is 6.50. The molecular weight excluding hydrogens is 182 g/mol. The molecule has 0 aromatic carbocycles. The fraction of sp³-hybridized carbons (Fsp3) is 0.429. The van der Waals surface area contributed by atoms with E-state index in [9.17, 15) is 4.79 Å². The molecule has 0 atom stereocenters. The maximum atomic E-state index is 10.2. The molecule has 5 heteroatoms. The van der Waals surface area contributed by atoms with Crippen LogP contribution >= 0.6 is 11.6 Å². The van der Waals surface area contributed by atoms with Crippen LogP contribution < -0.4 is 0 Å². The summed E-state index contributed by atoms with van der Waals surface area (Å²) >= 11 is 5.61. The number of hydrogen-bond acceptors (Lipinski definition) is 3. The first-order valence-corrected chi connectivity index (χ1v) is 3.81. The van der Waals surface area contributed by atoms with E-state index in [-0.39, 0.29) is 11.6 Å². The Balaban J connectivity index is 2.68. The van der Waals surface area contributed by atoms with Crippen LogP contribution in [0.3, 0.4) is 0 Å². The van der Waals surface area contributed by atoms with E-state index in [1.54, 1.807) is 6.92 Å². The number of carboxylic acid groups (broad SMARTS) is 1. The minimum atomic E-state index is -0.855. The molecule has 1 rings (SSSR count). The first kappa shape index (κ1) is 9.06. The molecule has 0 saturated carbocycles. The third-order valence-corrected chi connectivity index (χ3v) is 1.82. The van der Waals surface area contributed by atoms with Gasteiger partial charge in [0.05, 0.1) is 5.69 Å². The Morgan fingerprint density at radius 2 is 2.42 bits per heavy atom. The van der Waals surface area contributed by atoms with Crippen molar-refractivity contribution in [1.82, 2.24) is 5.16 Å². The van der Waals surface area contributed by atoms with E-state index in [2.05, 4.69) is 9.68 Å². The quantitative estimate of drug-likeness (QED) is 0.786. The normalized spacial score (nSPS) is 10.2. The summed E-state index contributed by atoms with van der Waals surface area (Å²) in [6, 6.07) is 0. The van der Waals surface area contributed by atoms with Crippen molar-refractivity contribution in [3.05, 3.63) is 16.5 Å². The predicted octanol–water partition coefficient (Wildman–Crippen LogP) is 1.65. The third-order valence-electron chi connectivity index (χ3n) is 1.53. The Hall–Kier alpha value is -1.03. The Morgan fingerprint density at radius 1 is 1.75 bits per heavy atom. The van der Waals surface area contributed by atoms with E-state index in [0.29, 0.717) is 17.7 Å². The minimum absolute atomic E-state index is 0.0434. The smallest absolute Gasteiger partial charge is 0.303 e. The monoisotopic (exact) mass is 189 g/mol. The van der Waals surface area contributed by atoms with Gasteiger partial charge in [-0.15, -0.1) is 0 Å². The number of aliphatic carboxylic acids is 1. The largest absolute Gasteiger partial charge is 0.481 e. The average Bonchev–Trinajstić information content (AvgIpc) is 2.28. The van der Waals surface area contributed by atoms with Crippen molar-refractivity contribution < 1.29 is 14.4 Å². The van der Waals surface area contributed by atoms with Gasteiger partial charge in [-0.3, -0.25) is 4.79 Å². The molecule has 1 aromatic heterocycles. The molecule has 0 aliphatic carbocycles. The summed E-state index contributed by atoms with van der Waals surface area (Å²) in [4.78, 5) is 10.2. The summed E-state index contributed by atoms with van der Waals surface area (Å²) in [5.41, 5.74) is 1.33. The first-order valence-electron chi connectivity index (χ1n) is 3.43. The summed E-state index contributed by atoms with van der Waals surface area (Å²) < 4.78 is 4.65. The number of carbonyl (C=O) groups is 1. The van der Waals surface area contributed by atoms with Crippen LogP contribution in [0.2, 0.25) is 5.22 Å². The first-order chi connectivity index (χ1) is 5.61. The van der Waals surface area contributed by atoms with Crippen LogP contribution in [0.15, 0.2) is 4.52 Å². The van der Waals surface area contributed by atoms with Gasteiger partial charge in [0.2, 0.25) is 5.22 Å². The highest BCUT2D eigenvalue weighted by molar-refractivity contribution is 6.29. The van der Waals surface area contributed by atoms with E-state index in [0.717, 1.165) is 0 Å². The molecule has 4 nitrogen and oxygen atoms in total. The molecular formula is C7H8ClNO3. The second kappa shape index (κ2) is 3.58. The SMILES string of the molecule is Cc1noc(Cl)c1CCC(=O)O. The average molecular weight is 190 g/mol. The van der Waals surface area contributed by atoms with Gasteiger partial charge in [0.25, 0.3) is 0 Å². The number of halogens is 1. The van der Waals surface area contributed by atoms with Crippen LogP contribution in [-0.2, 0) is 11.2 Å². The number of aromatic nitrogens is 1. The second-order valence-electron chi connectivity index (χ2n) is 2.41. The molecule has 0 amide bonds. The molecule has 0 aliphatic rings. The van der Waals surface area contributed by atoms with Crippen LogP contribution in [0, 0.1) is 6.92 Å². The molecule has 0 saturated heterocycles. The number of hydrogen-bond donors (Lipinski definition) is 1. The second-order valence-corrected chi connectivity index (χ2v) is 2.76. The van der Waals surface area contributed by atoms with Crippen molar-refractivity contribution in [3.8, 4) is 0 Å². The molecule has 0 unspecified atom stereocenters. The molecule has 0 radical (unpaired) electrons. The molecule has 1 aromatic rings. The molecule has 1 N–H and O–H groups in total. The topological polar surface area (TPSA) is 63.3 Å². The van der Waals surface area contributed by atoms with Gasteiger partial charge < -0.3 is 9.63 Å². The Morgan fingerprint density at radius 3 is 2.83 bits per heavy atom. The maximum absolute atomic E-state index is 10.2. The van der Waals surface area contributed by atoms with Crippen LogP contribution in [0.1, 0.15) is 17.7 Å². The number of rotatable bonds is 3. The summed E-state index contributed by atoms with van der Waals surface area (Å²) in [5, 5.41) is 12.2. The highest BCUT2D eigenvalue weighted by Crippen LogP contribution is 2.20. The van der Waals surface area contributed by atoms with Crippen molar-refractivity contribution in [2.75, 3.05) is 0 Å². The lowest BCUT2D eigenvalue weighted by molar-refractivity contribution is -0.136. The third kappa shape index (κ3) is 1.98. The number of carboxylic acids is 1. The minimum Gasteiger partial charge on any atom is -0.481 e. The Bertz CT molecular complexity index is 275. The van der Waals surface area contributed by atoms with Crippen LogP contribution in [0.5, 0.6) is 0 Å². The van der Waals surface area contributed by atoms with Crippen LogP contribution in [0.4, 0.5) is 0 Å². The van der Waals surface area contributed by atoms with Gasteiger partial charge in [0.15, 0.2) is 0 Å². The van der Waals surface area contributed by atoms with E-state index in [1.165, 1.54) is 0 Å². The van der Waals surface area contributed by atoms with E-state index < -0.39 is 5.97 Å². The van der Waals surface area contributed by atoms with Crippen molar-refractivity contribution in [2.45, 2.75) is 19.8 Å². The van der Waals surface area contributed by atoms with Crippen molar-refractivity contribution >= 4 is 17.6 Å². The maximum Gasteiger partial charge on any atom is 0.303 e. The van der Waals surface area contributed by atoms with Crippen molar-refractivity contribution in [2.24, 2.45) is 0 Å². The van der Waals surface area contributed by atoms with Crippen LogP contribution in [0.25, 0.3) is 0 Å². The van der Waals surface area contributed by atoms with Crippen molar-refractivity contribution in [3.63, 3.8) is 0 Å². The molecule has 1 heterocycles. The van der Waals surface area contributed by atoms with Crippen molar-refractivity contribution in [1.29, 1.82) is 0 Å². The fourth-order valence-corrected chi connectivity index (χ4v) is 1.14. The molecule has 0 spiro atoms. The summed E-state index contributed by atoms with van der Waals surface area (Å²) in [5.74, 6) is -0.855. The van der Waals surface area contributed by atoms with Gasteiger partial charge in [-0.1, -0.05) is 5.16 Å². The zero-order valence-corrected chi connectivity index (χ0v) is 7.26. The van der Waals surface area contributed by atoms with E-state index in [1.807, 2.05) is 0 Å². The summed E-state index contributed by atoms with van der Waals surface area (Å²) in [6.07, 6.45) is 0.408. The number of nitrogens with zero attached hydrogens (tertiary/aromatic N) is 1. The lowest BCUT2D eigenvalue weighted by atomic mass is 10.1. The van der Waals surface area contributed by atoms with Gasteiger partial charge in [-0.2, -0.15) is 0 Å². The van der Waals surface area contributed by atoms with E-state index >= 15 is 0 Å². The molecule has 0 bridgehead atoms. The molecule has 0 aliphatic heterocycles. The van der Waals surface area contributed by atoms with Gasteiger partial charge in [-0.25, -0.2) is 0 Å². The summed E-state index contributed by atoms with van der Waals surface area (Å²) in [7, 11) is 0.